The standard InChI is InChI=1S/C28H26N4O2/c1-3-18(2)20-13-15-21(16-14-20)32-26(29)24(28(33)34-17-19-9-5-4-6-10-19)25-27(32)31-23-12-8-7-11-22(23)30-25/h4-16,18H,3,17,29H2,1-2H3/t18-/m0/s1. The van der Waals surface area contributed by atoms with Crippen molar-refractivity contribution >= 4 is 34.0 Å². The van der Waals surface area contributed by atoms with Crippen LogP contribution >= 0.6 is 0 Å². The fourth-order valence-electron chi connectivity index (χ4n) is 4.11. The molecule has 0 saturated carbocycles. The first kappa shape index (κ1) is 21.6. The van der Waals surface area contributed by atoms with Crippen LogP contribution in [0.1, 0.15) is 47.7 Å². The molecule has 2 N–H and O–H groups in total. The van der Waals surface area contributed by atoms with E-state index in [1.54, 1.807) is 4.57 Å². The highest BCUT2D eigenvalue weighted by Crippen LogP contribution is 2.32. The average molecular weight is 451 g/mol. The van der Waals surface area contributed by atoms with Crippen LogP contribution < -0.4 is 5.73 Å². The molecule has 34 heavy (non-hydrogen) atoms. The maximum absolute atomic E-state index is 13.2. The molecule has 0 aliphatic heterocycles. The van der Waals surface area contributed by atoms with E-state index in [-0.39, 0.29) is 18.0 Å². The van der Waals surface area contributed by atoms with Gasteiger partial charge in [-0.2, -0.15) is 0 Å². The Hall–Kier alpha value is -4.19. The van der Waals surface area contributed by atoms with Crippen molar-refractivity contribution in [2.75, 3.05) is 5.73 Å². The number of hydrogen-bond donors (Lipinski definition) is 1. The Kier molecular flexibility index (Phi) is 5.72. The monoisotopic (exact) mass is 450 g/mol. The summed E-state index contributed by atoms with van der Waals surface area (Å²) in [6.45, 7) is 4.52. The maximum atomic E-state index is 13.2. The number of hydrogen-bond acceptors (Lipinski definition) is 5. The molecule has 5 rings (SSSR count). The van der Waals surface area contributed by atoms with Gasteiger partial charge >= 0.3 is 5.97 Å². The first-order valence-electron chi connectivity index (χ1n) is 11.4. The molecule has 0 saturated heterocycles. The Morgan fingerprint density at radius 3 is 2.26 bits per heavy atom. The van der Waals surface area contributed by atoms with E-state index < -0.39 is 5.97 Å². The maximum Gasteiger partial charge on any atom is 0.344 e. The summed E-state index contributed by atoms with van der Waals surface area (Å²) in [5.74, 6) is 0.200. The first-order valence-corrected chi connectivity index (χ1v) is 11.4. The van der Waals surface area contributed by atoms with E-state index in [1.165, 1.54) is 5.56 Å². The normalized spacial score (nSPS) is 12.2. The Morgan fingerprint density at radius 1 is 0.941 bits per heavy atom. The van der Waals surface area contributed by atoms with Crippen molar-refractivity contribution in [3.05, 3.63) is 95.6 Å². The lowest BCUT2D eigenvalue weighted by Gasteiger charge is -2.12. The van der Waals surface area contributed by atoms with Gasteiger partial charge in [0.05, 0.1) is 11.0 Å². The van der Waals surface area contributed by atoms with Crippen LogP contribution in [-0.4, -0.2) is 20.5 Å². The molecule has 0 amide bonds. The van der Waals surface area contributed by atoms with Crippen molar-refractivity contribution in [3.8, 4) is 5.69 Å². The Labute approximate surface area is 198 Å². The van der Waals surface area contributed by atoms with Gasteiger partial charge in [-0.15, -0.1) is 0 Å². The predicted molar refractivity (Wildman–Crippen MR) is 135 cm³/mol. The van der Waals surface area contributed by atoms with Gasteiger partial charge in [0.2, 0.25) is 0 Å². The number of para-hydroxylation sites is 2. The van der Waals surface area contributed by atoms with Crippen molar-refractivity contribution in [2.45, 2.75) is 32.8 Å². The lowest BCUT2D eigenvalue weighted by Crippen LogP contribution is -2.09. The lowest BCUT2D eigenvalue weighted by molar-refractivity contribution is 0.0476. The average Bonchev–Trinajstić information content (AvgIpc) is 3.16. The third-order valence-corrected chi connectivity index (χ3v) is 6.25. The number of carbonyl (C=O) groups is 1. The minimum Gasteiger partial charge on any atom is -0.457 e. The Balaban J connectivity index is 1.64. The third kappa shape index (κ3) is 3.88. The van der Waals surface area contributed by atoms with Gasteiger partial charge in [0, 0.05) is 5.69 Å². The van der Waals surface area contributed by atoms with Crippen LogP contribution in [-0.2, 0) is 11.3 Å². The fourth-order valence-corrected chi connectivity index (χ4v) is 4.11. The van der Waals surface area contributed by atoms with Gasteiger partial charge in [0.15, 0.2) is 5.65 Å². The summed E-state index contributed by atoms with van der Waals surface area (Å²) in [4.78, 5) is 22.8. The van der Waals surface area contributed by atoms with Crippen LogP contribution in [0.15, 0.2) is 78.9 Å². The van der Waals surface area contributed by atoms with Gasteiger partial charge in [-0.05, 0) is 47.7 Å². The fraction of sp³-hybridized carbons (Fsp3) is 0.179. The van der Waals surface area contributed by atoms with E-state index in [0.29, 0.717) is 22.6 Å². The highest BCUT2D eigenvalue weighted by molar-refractivity contribution is 6.09. The van der Waals surface area contributed by atoms with Crippen LogP contribution in [0.4, 0.5) is 5.82 Å². The summed E-state index contributed by atoms with van der Waals surface area (Å²) < 4.78 is 7.42. The van der Waals surface area contributed by atoms with E-state index in [2.05, 4.69) is 26.0 Å². The summed E-state index contributed by atoms with van der Waals surface area (Å²) in [5.41, 5.74) is 12.2. The number of nitrogens with two attached hydrogens (primary N) is 1. The van der Waals surface area contributed by atoms with Gasteiger partial charge in [-0.1, -0.05) is 68.4 Å². The number of anilines is 1. The molecule has 2 aromatic heterocycles. The number of fused-ring (bicyclic) bond motifs is 2. The molecule has 6 nitrogen and oxygen atoms in total. The van der Waals surface area contributed by atoms with Crippen LogP contribution in [0.3, 0.4) is 0 Å². The van der Waals surface area contributed by atoms with E-state index in [1.807, 2.05) is 66.7 Å². The molecular weight excluding hydrogens is 424 g/mol. The number of esters is 1. The number of benzene rings is 3. The summed E-state index contributed by atoms with van der Waals surface area (Å²) in [7, 11) is 0. The van der Waals surface area contributed by atoms with Gasteiger partial charge in [0.25, 0.3) is 0 Å². The molecule has 0 radical (unpaired) electrons. The van der Waals surface area contributed by atoms with E-state index >= 15 is 0 Å². The molecule has 5 aromatic rings. The van der Waals surface area contributed by atoms with Gasteiger partial charge in [-0.3, -0.25) is 4.57 Å². The van der Waals surface area contributed by atoms with Crippen LogP contribution in [0.5, 0.6) is 0 Å². The molecule has 3 aromatic carbocycles. The van der Waals surface area contributed by atoms with Crippen molar-refractivity contribution in [1.29, 1.82) is 0 Å². The molecule has 0 bridgehead atoms. The topological polar surface area (TPSA) is 83.0 Å². The zero-order chi connectivity index (χ0) is 23.7. The lowest BCUT2D eigenvalue weighted by atomic mass is 9.99. The second-order valence-corrected chi connectivity index (χ2v) is 8.44. The van der Waals surface area contributed by atoms with Gasteiger partial charge in [-0.25, -0.2) is 14.8 Å². The Morgan fingerprint density at radius 2 is 1.59 bits per heavy atom. The van der Waals surface area contributed by atoms with Crippen molar-refractivity contribution < 1.29 is 9.53 Å². The largest absolute Gasteiger partial charge is 0.457 e. The summed E-state index contributed by atoms with van der Waals surface area (Å²) >= 11 is 0. The SMILES string of the molecule is CC[C@H](C)c1ccc(-n2c(N)c(C(=O)OCc3ccccc3)c3nc4ccccc4nc32)cc1. The van der Waals surface area contributed by atoms with E-state index in [4.69, 9.17) is 20.4 Å². The number of carbonyl (C=O) groups excluding carboxylic acids is 1. The van der Waals surface area contributed by atoms with Crippen molar-refractivity contribution in [3.63, 3.8) is 0 Å². The van der Waals surface area contributed by atoms with Crippen molar-refractivity contribution in [1.82, 2.24) is 14.5 Å². The predicted octanol–water partition coefficient (Wildman–Crippen LogP) is 6.03. The van der Waals surface area contributed by atoms with Crippen LogP contribution in [0.25, 0.3) is 27.9 Å². The zero-order valence-corrected chi connectivity index (χ0v) is 19.2. The number of ether oxygens (including phenoxy) is 1. The molecule has 0 aliphatic carbocycles. The van der Waals surface area contributed by atoms with Crippen LogP contribution in [0.2, 0.25) is 0 Å². The molecular formula is C28H26N4O2. The quantitative estimate of drug-likeness (QED) is 0.320. The second kappa shape index (κ2) is 8.98. The molecule has 0 fully saturated rings. The first-order chi connectivity index (χ1) is 16.6. The highest BCUT2D eigenvalue weighted by atomic mass is 16.5. The molecule has 0 aliphatic rings. The van der Waals surface area contributed by atoms with Gasteiger partial charge < -0.3 is 10.5 Å². The highest BCUT2D eigenvalue weighted by Gasteiger charge is 2.26. The number of rotatable bonds is 6. The third-order valence-electron chi connectivity index (χ3n) is 6.25. The van der Waals surface area contributed by atoms with Crippen LogP contribution in [0, 0.1) is 0 Å². The minimum atomic E-state index is -0.522. The molecule has 1 atom stereocenters. The molecule has 0 unspecified atom stereocenters. The second-order valence-electron chi connectivity index (χ2n) is 8.44. The zero-order valence-electron chi connectivity index (χ0n) is 19.2. The smallest absolute Gasteiger partial charge is 0.344 e. The molecule has 170 valence electrons. The summed E-state index contributed by atoms with van der Waals surface area (Å²) in [5, 5.41) is 0. The summed E-state index contributed by atoms with van der Waals surface area (Å²) in [6.07, 6.45) is 1.06. The number of nitrogen functional groups attached to an aromatic ring is 1. The number of nitrogens with zero attached hydrogens (tertiary/aromatic N) is 3. The van der Waals surface area contributed by atoms with E-state index in [0.717, 1.165) is 23.2 Å². The van der Waals surface area contributed by atoms with E-state index in [9.17, 15) is 4.79 Å². The van der Waals surface area contributed by atoms with Crippen molar-refractivity contribution in [2.24, 2.45) is 0 Å². The summed E-state index contributed by atoms with van der Waals surface area (Å²) in [6, 6.07) is 25.3. The molecule has 6 heteroatoms. The van der Waals surface area contributed by atoms with Gasteiger partial charge in [0.1, 0.15) is 23.5 Å². The number of aromatic nitrogens is 3. The molecule has 0 spiro atoms. The minimum absolute atomic E-state index is 0.149. The Bertz CT molecular complexity index is 1470. The molecule has 2 heterocycles.